The number of hydrogen-bond donors (Lipinski definition) is 0. The molecule has 2 atom stereocenters. The summed E-state index contributed by atoms with van der Waals surface area (Å²) in [7, 11) is -1.17. The number of nitriles is 1. The van der Waals surface area contributed by atoms with Crippen molar-refractivity contribution < 1.29 is 13.7 Å². The summed E-state index contributed by atoms with van der Waals surface area (Å²) >= 11 is 0. The van der Waals surface area contributed by atoms with Crippen LogP contribution >= 0.6 is 0 Å². The van der Waals surface area contributed by atoms with Crippen LogP contribution in [0.4, 0.5) is 0 Å². The molecule has 2 rings (SSSR count). The lowest BCUT2D eigenvalue weighted by atomic mass is 10.3. The SMILES string of the molecule is CC(C#N)CS(=O)c1ccc2c(c1)OCCO2. The van der Waals surface area contributed by atoms with Crippen LogP contribution in [-0.2, 0) is 10.8 Å². The highest BCUT2D eigenvalue weighted by Crippen LogP contribution is 2.31. The topological polar surface area (TPSA) is 59.3 Å². The Morgan fingerprint density at radius 3 is 2.82 bits per heavy atom. The van der Waals surface area contributed by atoms with Crippen LogP contribution in [-0.4, -0.2) is 23.2 Å². The Balaban J connectivity index is 2.17. The van der Waals surface area contributed by atoms with Crippen molar-refractivity contribution in [2.75, 3.05) is 19.0 Å². The average molecular weight is 251 g/mol. The second kappa shape index (κ2) is 5.19. The van der Waals surface area contributed by atoms with Crippen LogP contribution in [0.15, 0.2) is 23.1 Å². The van der Waals surface area contributed by atoms with E-state index in [2.05, 4.69) is 6.07 Å². The maximum Gasteiger partial charge on any atom is 0.162 e. The third-order valence-corrected chi connectivity index (χ3v) is 3.98. The van der Waals surface area contributed by atoms with Crippen LogP contribution in [0.3, 0.4) is 0 Å². The van der Waals surface area contributed by atoms with Crippen molar-refractivity contribution in [3.8, 4) is 17.6 Å². The van der Waals surface area contributed by atoms with Crippen molar-refractivity contribution >= 4 is 10.8 Å². The van der Waals surface area contributed by atoms with Crippen molar-refractivity contribution in [2.45, 2.75) is 11.8 Å². The maximum atomic E-state index is 12.0. The molecule has 0 saturated heterocycles. The molecule has 1 aromatic carbocycles. The van der Waals surface area contributed by atoms with Crippen molar-refractivity contribution in [3.63, 3.8) is 0 Å². The monoisotopic (exact) mass is 251 g/mol. The Kier molecular flexibility index (Phi) is 3.64. The fourth-order valence-electron chi connectivity index (χ4n) is 1.53. The molecule has 0 fully saturated rings. The molecule has 0 amide bonds. The van der Waals surface area contributed by atoms with E-state index in [0.717, 1.165) is 0 Å². The van der Waals surface area contributed by atoms with Crippen LogP contribution in [0.2, 0.25) is 0 Å². The highest BCUT2D eigenvalue weighted by molar-refractivity contribution is 7.85. The standard InChI is InChI=1S/C12H13NO3S/c1-9(7-13)8-17(14)10-2-3-11-12(6-10)16-5-4-15-11/h2-3,6,9H,4-5,8H2,1H3. The first kappa shape index (κ1) is 11.9. The van der Waals surface area contributed by atoms with Gasteiger partial charge in [0.25, 0.3) is 0 Å². The number of ether oxygens (including phenoxy) is 2. The molecule has 0 aliphatic carbocycles. The lowest BCUT2D eigenvalue weighted by Gasteiger charge is -2.18. The van der Waals surface area contributed by atoms with E-state index in [-0.39, 0.29) is 5.92 Å². The summed E-state index contributed by atoms with van der Waals surface area (Å²) in [5.74, 6) is 1.44. The predicted octanol–water partition coefficient (Wildman–Crippen LogP) is 1.73. The summed E-state index contributed by atoms with van der Waals surface area (Å²) in [6.07, 6.45) is 0. The Bertz CT molecular complexity index is 481. The van der Waals surface area contributed by atoms with Gasteiger partial charge >= 0.3 is 0 Å². The van der Waals surface area contributed by atoms with Gasteiger partial charge in [-0.05, 0) is 19.1 Å². The molecule has 0 aromatic heterocycles. The fourth-order valence-corrected chi connectivity index (χ4v) is 2.71. The van der Waals surface area contributed by atoms with E-state index in [0.29, 0.717) is 35.4 Å². The lowest BCUT2D eigenvalue weighted by molar-refractivity contribution is 0.171. The molecule has 90 valence electrons. The molecule has 0 bridgehead atoms. The molecular weight excluding hydrogens is 238 g/mol. The largest absolute Gasteiger partial charge is 0.486 e. The van der Waals surface area contributed by atoms with Gasteiger partial charge in [0, 0.05) is 16.7 Å². The Labute approximate surface area is 103 Å². The van der Waals surface area contributed by atoms with E-state index in [1.807, 2.05) is 0 Å². The highest BCUT2D eigenvalue weighted by atomic mass is 32.2. The molecule has 1 heterocycles. The van der Waals surface area contributed by atoms with Crippen molar-refractivity contribution in [2.24, 2.45) is 5.92 Å². The number of rotatable bonds is 3. The van der Waals surface area contributed by atoms with Gasteiger partial charge in [-0.15, -0.1) is 0 Å². The van der Waals surface area contributed by atoms with Gasteiger partial charge in [-0.25, -0.2) is 0 Å². The van der Waals surface area contributed by atoms with Crippen LogP contribution in [0.25, 0.3) is 0 Å². The summed E-state index contributed by atoms with van der Waals surface area (Å²) in [6.45, 7) is 2.81. The minimum atomic E-state index is -1.17. The molecule has 0 radical (unpaired) electrons. The molecular formula is C12H13NO3S. The number of nitrogens with zero attached hydrogens (tertiary/aromatic N) is 1. The van der Waals surface area contributed by atoms with Gasteiger partial charge in [0.15, 0.2) is 11.5 Å². The van der Waals surface area contributed by atoms with E-state index in [1.165, 1.54) is 0 Å². The molecule has 1 aliphatic rings. The van der Waals surface area contributed by atoms with Gasteiger partial charge in [0.2, 0.25) is 0 Å². The number of benzene rings is 1. The van der Waals surface area contributed by atoms with Crippen LogP contribution in [0, 0.1) is 17.2 Å². The zero-order valence-electron chi connectivity index (χ0n) is 9.51. The predicted molar refractivity (Wildman–Crippen MR) is 63.5 cm³/mol. The van der Waals surface area contributed by atoms with E-state index < -0.39 is 10.8 Å². The minimum absolute atomic E-state index is 0.218. The van der Waals surface area contributed by atoms with Gasteiger partial charge in [-0.3, -0.25) is 4.21 Å². The van der Waals surface area contributed by atoms with Crippen molar-refractivity contribution in [3.05, 3.63) is 18.2 Å². The third-order valence-electron chi connectivity index (χ3n) is 2.40. The molecule has 4 nitrogen and oxygen atoms in total. The zero-order chi connectivity index (χ0) is 12.3. The lowest BCUT2D eigenvalue weighted by Crippen LogP contribution is -2.15. The first-order chi connectivity index (χ1) is 8.20. The maximum absolute atomic E-state index is 12.0. The third kappa shape index (κ3) is 2.77. The summed E-state index contributed by atoms with van der Waals surface area (Å²) in [5.41, 5.74) is 0. The molecule has 0 spiro atoms. The fraction of sp³-hybridized carbons (Fsp3) is 0.417. The molecule has 0 saturated carbocycles. The summed E-state index contributed by atoms with van der Waals surface area (Å²) in [5, 5.41) is 8.69. The van der Waals surface area contributed by atoms with Gasteiger partial charge in [0.1, 0.15) is 13.2 Å². The van der Waals surface area contributed by atoms with Crippen LogP contribution < -0.4 is 9.47 Å². The van der Waals surface area contributed by atoms with E-state index in [9.17, 15) is 4.21 Å². The summed E-state index contributed by atoms with van der Waals surface area (Å²) in [4.78, 5) is 0.677. The first-order valence-corrected chi connectivity index (χ1v) is 6.70. The van der Waals surface area contributed by atoms with E-state index in [4.69, 9.17) is 14.7 Å². The van der Waals surface area contributed by atoms with Crippen LogP contribution in [0.5, 0.6) is 11.5 Å². The Morgan fingerprint density at radius 1 is 1.41 bits per heavy atom. The molecule has 2 unspecified atom stereocenters. The van der Waals surface area contributed by atoms with Gasteiger partial charge in [0.05, 0.1) is 22.8 Å². The zero-order valence-corrected chi connectivity index (χ0v) is 10.3. The first-order valence-electron chi connectivity index (χ1n) is 5.38. The summed E-state index contributed by atoms with van der Waals surface area (Å²) in [6, 6.07) is 7.33. The Morgan fingerprint density at radius 2 is 2.12 bits per heavy atom. The van der Waals surface area contributed by atoms with Gasteiger partial charge < -0.3 is 9.47 Å². The Hall–Kier alpha value is -1.54. The average Bonchev–Trinajstić information content (AvgIpc) is 2.38. The molecule has 1 aliphatic heterocycles. The van der Waals surface area contributed by atoms with Gasteiger partial charge in [-0.2, -0.15) is 5.26 Å². The second-order valence-electron chi connectivity index (χ2n) is 3.85. The van der Waals surface area contributed by atoms with Gasteiger partial charge in [-0.1, -0.05) is 0 Å². The molecule has 17 heavy (non-hydrogen) atoms. The molecule has 1 aromatic rings. The quantitative estimate of drug-likeness (QED) is 0.820. The molecule has 0 N–H and O–H groups in total. The minimum Gasteiger partial charge on any atom is -0.486 e. The van der Waals surface area contributed by atoms with Crippen molar-refractivity contribution in [1.29, 1.82) is 5.26 Å². The second-order valence-corrected chi connectivity index (χ2v) is 5.34. The van der Waals surface area contributed by atoms with E-state index >= 15 is 0 Å². The smallest absolute Gasteiger partial charge is 0.162 e. The van der Waals surface area contributed by atoms with Crippen LogP contribution in [0.1, 0.15) is 6.92 Å². The number of hydrogen-bond acceptors (Lipinski definition) is 4. The number of fused-ring (bicyclic) bond motifs is 1. The molecule has 5 heteroatoms. The van der Waals surface area contributed by atoms with E-state index in [1.54, 1.807) is 25.1 Å². The highest BCUT2D eigenvalue weighted by Gasteiger charge is 2.15. The normalized spacial score (nSPS) is 16.9. The van der Waals surface area contributed by atoms with Crippen molar-refractivity contribution in [1.82, 2.24) is 0 Å². The summed E-state index contributed by atoms with van der Waals surface area (Å²) < 4.78 is 22.8.